The fraction of sp³-hybridized carbons (Fsp3) is 0.562. The Bertz CT molecular complexity index is 505. The van der Waals surface area contributed by atoms with Crippen molar-refractivity contribution in [1.82, 2.24) is 0 Å². The van der Waals surface area contributed by atoms with Gasteiger partial charge in [0.2, 0.25) is 0 Å². The first-order valence-electron chi connectivity index (χ1n) is 7.78. The molecule has 0 amide bonds. The Morgan fingerprint density at radius 2 is 1.78 bits per heavy atom. The number of hydrogen-bond acceptors (Lipinski definition) is 6. The Hall–Kier alpha value is -1.57. The number of methoxy groups -OCH3 is 1. The fourth-order valence-electron chi connectivity index (χ4n) is 2.34. The fourth-order valence-corrected chi connectivity index (χ4v) is 2.34. The summed E-state index contributed by atoms with van der Waals surface area (Å²) in [4.78, 5) is 12.4. The lowest BCUT2D eigenvalue weighted by Gasteiger charge is -2.30. The Balaban J connectivity index is 3.05. The van der Waals surface area contributed by atoms with Crippen LogP contribution in [0.5, 0.6) is 5.75 Å². The number of carbonyl (C=O) groups excluding carboxylic acids is 1. The first kappa shape index (κ1) is 19.5. The number of esters is 1. The average Bonchev–Trinajstić information content (AvgIpc) is 2.57. The normalized spacial score (nSPS) is 11.2. The highest BCUT2D eigenvalue weighted by Crippen LogP contribution is 2.26. The van der Waals surface area contributed by atoms with Crippen LogP contribution in [0, 0.1) is 0 Å². The minimum Gasteiger partial charge on any atom is -0.468 e. The highest BCUT2D eigenvalue weighted by Gasteiger charge is 2.29. The van der Waals surface area contributed by atoms with Crippen molar-refractivity contribution in [3.05, 3.63) is 23.8 Å². The van der Waals surface area contributed by atoms with Gasteiger partial charge in [-0.25, -0.2) is 4.79 Å². The minimum atomic E-state index is -1.70. The molecule has 0 saturated carbocycles. The van der Waals surface area contributed by atoms with Gasteiger partial charge in [0.15, 0.2) is 6.79 Å². The predicted octanol–water partition coefficient (Wildman–Crippen LogP) is 1.47. The van der Waals surface area contributed by atoms with Crippen LogP contribution in [-0.2, 0) is 9.47 Å². The molecule has 0 aliphatic rings. The van der Waals surface area contributed by atoms with Crippen molar-refractivity contribution < 1.29 is 29.1 Å². The molecule has 0 saturated heterocycles. The summed E-state index contributed by atoms with van der Waals surface area (Å²) in [6.45, 7) is 5.89. The number of carbonyl (C=O) groups is 1. The molecule has 0 bridgehead atoms. The zero-order valence-electron chi connectivity index (χ0n) is 14.2. The van der Waals surface area contributed by atoms with Gasteiger partial charge in [-0.15, -0.1) is 0 Å². The van der Waals surface area contributed by atoms with Gasteiger partial charge < -0.3 is 24.3 Å². The first-order valence-corrected chi connectivity index (χ1v) is 7.78. The largest absolute Gasteiger partial charge is 0.492 e. The number of hydrogen-bond donors (Lipinski definition) is 2. The lowest BCUT2D eigenvalue weighted by Crippen LogP contribution is -2.34. The predicted molar refractivity (Wildman–Crippen MR) is 87.8 cm³/mol. The summed E-state index contributed by atoms with van der Waals surface area (Å²) in [7, 11) is -0.251. The van der Waals surface area contributed by atoms with Crippen molar-refractivity contribution in [1.29, 1.82) is 0 Å². The summed E-state index contributed by atoms with van der Waals surface area (Å²) in [5.41, 5.74) is -0.0358. The van der Waals surface area contributed by atoms with Crippen molar-refractivity contribution >= 4 is 18.6 Å². The Kier molecular flexibility index (Phi) is 7.55. The smallest absolute Gasteiger partial charge is 0.468 e. The summed E-state index contributed by atoms with van der Waals surface area (Å²) in [5.74, 6) is -0.289. The van der Waals surface area contributed by atoms with Gasteiger partial charge in [0.1, 0.15) is 11.4 Å². The summed E-state index contributed by atoms with van der Waals surface area (Å²) in [5, 5.41) is 18.7. The van der Waals surface area contributed by atoms with Crippen LogP contribution in [0.4, 0.5) is 0 Å². The van der Waals surface area contributed by atoms with Crippen LogP contribution < -0.4 is 10.2 Å². The van der Waals surface area contributed by atoms with Gasteiger partial charge in [-0.3, -0.25) is 0 Å². The molecule has 0 spiro atoms. The van der Waals surface area contributed by atoms with Crippen LogP contribution in [0.15, 0.2) is 18.2 Å². The van der Waals surface area contributed by atoms with Gasteiger partial charge in [-0.05, 0) is 31.4 Å². The standard InChI is InChI=1S/C16H25BO6/c1-5-16(6-2,7-3)23-15(18)12-8-9-13(17(19)20)14(10-12)22-11-21-4/h8-10,19-20H,5-7,11H2,1-4H3. The maximum Gasteiger partial charge on any atom is 0.492 e. The van der Waals surface area contributed by atoms with Gasteiger partial charge in [-0.2, -0.15) is 0 Å². The zero-order chi connectivity index (χ0) is 17.5. The molecular formula is C16H25BO6. The van der Waals surface area contributed by atoms with Crippen molar-refractivity contribution in [3.8, 4) is 5.75 Å². The molecule has 0 heterocycles. The maximum absolute atomic E-state index is 12.4. The Morgan fingerprint density at radius 1 is 1.17 bits per heavy atom. The summed E-state index contributed by atoms with van der Waals surface area (Å²) in [6.07, 6.45) is 2.19. The van der Waals surface area contributed by atoms with Crippen molar-refractivity contribution in [2.24, 2.45) is 0 Å². The van der Waals surface area contributed by atoms with E-state index >= 15 is 0 Å². The quantitative estimate of drug-likeness (QED) is 0.406. The molecule has 0 radical (unpaired) electrons. The Labute approximate surface area is 137 Å². The average molecular weight is 324 g/mol. The molecule has 1 rings (SSSR count). The van der Waals surface area contributed by atoms with Crippen LogP contribution in [0.25, 0.3) is 0 Å². The molecule has 1 aromatic carbocycles. The highest BCUT2D eigenvalue weighted by atomic mass is 16.7. The van der Waals surface area contributed by atoms with E-state index in [0.29, 0.717) is 5.56 Å². The van der Waals surface area contributed by atoms with Crippen LogP contribution in [0.1, 0.15) is 50.4 Å². The van der Waals surface area contributed by atoms with E-state index in [1.807, 2.05) is 20.8 Å². The van der Waals surface area contributed by atoms with Crippen LogP contribution in [-0.4, -0.2) is 42.6 Å². The van der Waals surface area contributed by atoms with Gasteiger partial charge >= 0.3 is 13.1 Å². The molecule has 7 heteroatoms. The molecular weight excluding hydrogens is 299 g/mol. The molecule has 0 aliphatic heterocycles. The second-order valence-electron chi connectivity index (χ2n) is 5.31. The monoisotopic (exact) mass is 324 g/mol. The highest BCUT2D eigenvalue weighted by molar-refractivity contribution is 6.59. The molecule has 1 aromatic rings. The summed E-state index contributed by atoms with van der Waals surface area (Å²) >= 11 is 0. The lowest BCUT2D eigenvalue weighted by molar-refractivity contribution is -0.0250. The molecule has 23 heavy (non-hydrogen) atoms. The van der Waals surface area contributed by atoms with Crippen LogP contribution in [0.2, 0.25) is 0 Å². The summed E-state index contributed by atoms with van der Waals surface area (Å²) in [6, 6.07) is 4.35. The van der Waals surface area contributed by atoms with E-state index in [1.165, 1.54) is 25.3 Å². The first-order chi connectivity index (χ1) is 10.9. The molecule has 0 aliphatic carbocycles. The number of ether oxygens (including phenoxy) is 3. The number of benzene rings is 1. The van der Waals surface area contributed by atoms with Crippen molar-refractivity contribution in [2.45, 2.75) is 45.6 Å². The van der Waals surface area contributed by atoms with Gasteiger partial charge in [0.05, 0.1) is 5.56 Å². The van der Waals surface area contributed by atoms with Crippen LogP contribution >= 0.6 is 0 Å². The van der Waals surface area contributed by atoms with E-state index in [4.69, 9.17) is 14.2 Å². The lowest BCUT2D eigenvalue weighted by atomic mass is 9.79. The van der Waals surface area contributed by atoms with E-state index in [1.54, 1.807) is 0 Å². The van der Waals surface area contributed by atoms with Gasteiger partial charge in [-0.1, -0.05) is 26.8 Å². The SMILES string of the molecule is CCC(CC)(CC)OC(=O)c1ccc(B(O)O)c(OCOC)c1. The molecule has 0 fully saturated rings. The van der Waals surface area contributed by atoms with E-state index in [9.17, 15) is 14.8 Å². The third kappa shape index (κ3) is 4.96. The third-order valence-electron chi connectivity index (χ3n) is 4.10. The van der Waals surface area contributed by atoms with Gasteiger partial charge in [0.25, 0.3) is 0 Å². The zero-order valence-corrected chi connectivity index (χ0v) is 14.2. The summed E-state index contributed by atoms with van der Waals surface area (Å²) < 4.78 is 15.8. The van der Waals surface area contributed by atoms with E-state index in [0.717, 1.165) is 19.3 Å². The molecule has 0 unspecified atom stereocenters. The number of rotatable bonds is 9. The third-order valence-corrected chi connectivity index (χ3v) is 4.10. The second-order valence-corrected chi connectivity index (χ2v) is 5.31. The topological polar surface area (TPSA) is 85.2 Å². The molecule has 128 valence electrons. The molecule has 0 aromatic heterocycles. The Morgan fingerprint density at radius 3 is 2.26 bits per heavy atom. The minimum absolute atomic E-state index is 0.0684. The molecule has 2 N–H and O–H groups in total. The van der Waals surface area contributed by atoms with E-state index in [-0.39, 0.29) is 18.0 Å². The molecule has 0 atom stereocenters. The molecule has 6 nitrogen and oxygen atoms in total. The van der Waals surface area contributed by atoms with Crippen molar-refractivity contribution in [2.75, 3.05) is 13.9 Å². The van der Waals surface area contributed by atoms with E-state index in [2.05, 4.69) is 0 Å². The van der Waals surface area contributed by atoms with E-state index < -0.39 is 18.7 Å². The maximum atomic E-state index is 12.4. The van der Waals surface area contributed by atoms with Crippen LogP contribution in [0.3, 0.4) is 0 Å². The van der Waals surface area contributed by atoms with Gasteiger partial charge in [0, 0.05) is 12.6 Å². The second kappa shape index (κ2) is 8.91. The van der Waals surface area contributed by atoms with Crippen molar-refractivity contribution in [3.63, 3.8) is 0 Å².